The standard InChI is InChI=1S/C23H32N4O3.HI/c1-4-24-22(26-16-23(3,29)20-12-11-17(2)30-20)25-13-7-10-21(28)27-14-18-8-5-6-9-19(18)15-27;/h5-6,8-9,11-12,29H,4,7,10,13-16H2,1-3H3,(H2,24,25,26);1H. The SMILES string of the molecule is CCNC(=NCC(C)(O)c1ccc(C)o1)NCCCC(=O)N1Cc2ccccc2C1.I. The number of nitrogens with one attached hydrogen (secondary N) is 2. The Morgan fingerprint density at radius 1 is 1.19 bits per heavy atom. The Kier molecular flexibility index (Phi) is 9.36. The Bertz CT molecular complexity index is 869. The van der Waals surface area contributed by atoms with Gasteiger partial charge in [-0.1, -0.05) is 24.3 Å². The predicted molar refractivity (Wildman–Crippen MR) is 132 cm³/mol. The third-order valence-corrected chi connectivity index (χ3v) is 5.21. The lowest BCUT2D eigenvalue weighted by Gasteiger charge is -2.20. The number of aliphatic imine (C=N–C) groups is 1. The molecule has 1 unspecified atom stereocenters. The molecular formula is C23H33IN4O3. The van der Waals surface area contributed by atoms with Crippen molar-refractivity contribution >= 4 is 35.8 Å². The number of rotatable bonds is 8. The highest BCUT2D eigenvalue weighted by atomic mass is 127. The predicted octanol–water partition coefficient (Wildman–Crippen LogP) is 3.29. The van der Waals surface area contributed by atoms with Gasteiger partial charge in [-0.15, -0.1) is 24.0 Å². The number of fused-ring (bicyclic) bond motifs is 1. The summed E-state index contributed by atoms with van der Waals surface area (Å²) in [7, 11) is 0. The van der Waals surface area contributed by atoms with Gasteiger partial charge in [0.2, 0.25) is 5.91 Å². The highest BCUT2D eigenvalue weighted by molar-refractivity contribution is 14.0. The van der Waals surface area contributed by atoms with E-state index in [0.717, 1.165) is 5.76 Å². The van der Waals surface area contributed by atoms with Crippen molar-refractivity contribution < 1.29 is 14.3 Å². The van der Waals surface area contributed by atoms with Gasteiger partial charge in [-0.05, 0) is 50.5 Å². The molecule has 3 N–H and O–H groups in total. The summed E-state index contributed by atoms with van der Waals surface area (Å²) in [5.74, 6) is 2.04. The van der Waals surface area contributed by atoms with Crippen LogP contribution in [0, 0.1) is 6.92 Å². The van der Waals surface area contributed by atoms with Crippen molar-refractivity contribution in [3.05, 3.63) is 59.0 Å². The smallest absolute Gasteiger partial charge is 0.223 e. The highest BCUT2D eigenvalue weighted by Gasteiger charge is 2.27. The molecule has 1 atom stereocenters. The van der Waals surface area contributed by atoms with Crippen molar-refractivity contribution in [2.24, 2.45) is 4.99 Å². The van der Waals surface area contributed by atoms with Crippen LogP contribution in [0.5, 0.6) is 0 Å². The Morgan fingerprint density at radius 3 is 2.45 bits per heavy atom. The second-order valence-corrected chi connectivity index (χ2v) is 7.93. The molecule has 1 aliphatic rings. The molecule has 0 fully saturated rings. The molecular weight excluding hydrogens is 507 g/mol. The number of carbonyl (C=O) groups excluding carboxylic acids is 1. The quantitative estimate of drug-likeness (QED) is 0.207. The molecule has 0 bridgehead atoms. The van der Waals surface area contributed by atoms with Crippen LogP contribution in [0.4, 0.5) is 0 Å². The van der Waals surface area contributed by atoms with Gasteiger partial charge in [0.25, 0.3) is 0 Å². The van der Waals surface area contributed by atoms with Crippen LogP contribution in [0.3, 0.4) is 0 Å². The van der Waals surface area contributed by atoms with Gasteiger partial charge >= 0.3 is 0 Å². The number of furan rings is 1. The van der Waals surface area contributed by atoms with Gasteiger partial charge in [-0.25, -0.2) is 4.99 Å². The minimum atomic E-state index is -1.18. The first-order chi connectivity index (χ1) is 14.4. The molecule has 1 aromatic carbocycles. The Balaban J connectivity index is 0.00000341. The van der Waals surface area contributed by atoms with E-state index in [0.29, 0.717) is 50.7 Å². The number of benzene rings is 1. The molecule has 0 spiro atoms. The van der Waals surface area contributed by atoms with Crippen LogP contribution in [0.2, 0.25) is 0 Å². The van der Waals surface area contributed by atoms with Gasteiger partial charge in [0.1, 0.15) is 17.1 Å². The van der Waals surface area contributed by atoms with Gasteiger partial charge in [0.15, 0.2) is 5.96 Å². The van der Waals surface area contributed by atoms with E-state index in [1.54, 1.807) is 13.0 Å². The number of hydrogen-bond donors (Lipinski definition) is 3. The average molecular weight is 540 g/mol. The molecule has 31 heavy (non-hydrogen) atoms. The maximum absolute atomic E-state index is 12.5. The van der Waals surface area contributed by atoms with E-state index in [4.69, 9.17) is 4.42 Å². The Labute approximate surface area is 201 Å². The number of guanidine groups is 1. The summed E-state index contributed by atoms with van der Waals surface area (Å²) in [6, 6.07) is 11.8. The average Bonchev–Trinajstić information content (AvgIpc) is 3.35. The zero-order valence-corrected chi connectivity index (χ0v) is 20.8. The molecule has 0 aliphatic carbocycles. The molecule has 1 aliphatic heterocycles. The largest absolute Gasteiger partial charge is 0.463 e. The van der Waals surface area contributed by atoms with Gasteiger partial charge in [-0.2, -0.15) is 0 Å². The minimum Gasteiger partial charge on any atom is -0.463 e. The van der Waals surface area contributed by atoms with Crippen LogP contribution in [0.25, 0.3) is 0 Å². The molecule has 8 heteroatoms. The second kappa shape index (κ2) is 11.5. The maximum Gasteiger partial charge on any atom is 0.223 e. The van der Waals surface area contributed by atoms with E-state index in [1.807, 2.05) is 36.9 Å². The summed E-state index contributed by atoms with van der Waals surface area (Å²) in [6.07, 6.45) is 1.20. The van der Waals surface area contributed by atoms with Gasteiger partial charge in [0, 0.05) is 32.6 Å². The molecule has 0 saturated carbocycles. The minimum absolute atomic E-state index is 0. The fraction of sp³-hybridized carbons (Fsp3) is 0.478. The second-order valence-electron chi connectivity index (χ2n) is 7.93. The summed E-state index contributed by atoms with van der Waals surface area (Å²) in [5, 5.41) is 17.1. The lowest BCUT2D eigenvalue weighted by atomic mass is 10.0. The first kappa shape index (κ1) is 25.2. The van der Waals surface area contributed by atoms with Gasteiger partial charge < -0.3 is 25.1 Å². The monoisotopic (exact) mass is 540 g/mol. The van der Waals surface area contributed by atoms with E-state index < -0.39 is 5.60 Å². The Hall–Kier alpha value is -2.07. The molecule has 7 nitrogen and oxygen atoms in total. The fourth-order valence-electron chi connectivity index (χ4n) is 3.49. The molecule has 170 valence electrons. The lowest BCUT2D eigenvalue weighted by Crippen LogP contribution is -2.39. The van der Waals surface area contributed by atoms with E-state index in [9.17, 15) is 9.90 Å². The zero-order valence-electron chi connectivity index (χ0n) is 18.5. The first-order valence-corrected chi connectivity index (χ1v) is 10.5. The summed E-state index contributed by atoms with van der Waals surface area (Å²) >= 11 is 0. The molecule has 1 amide bonds. The number of nitrogens with zero attached hydrogens (tertiary/aromatic N) is 2. The molecule has 0 radical (unpaired) electrons. The zero-order chi connectivity index (χ0) is 21.6. The number of amides is 1. The maximum atomic E-state index is 12.5. The van der Waals surface area contributed by atoms with Crippen molar-refractivity contribution in [2.45, 2.75) is 52.3 Å². The number of carbonyl (C=O) groups is 1. The topological polar surface area (TPSA) is 90.1 Å². The van der Waals surface area contributed by atoms with Crippen molar-refractivity contribution in [3.63, 3.8) is 0 Å². The summed E-state index contributed by atoms with van der Waals surface area (Å²) < 4.78 is 5.54. The third-order valence-electron chi connectivity index (χ3n) is 5.21. The van der Waals surface area contributed by atoms with Crippen LogP contribution >= 0.6 is 24.0 Å². The van der Waals surface area contributed by atoms with Gasteiger partial charge in [0.05, 0.1) is 6.54 Å². The van der Waals surface area contributed by atoms with Crippen LogP contribution in [0.15, 0.2) is 45.8 Å². The van der Waals surface area contributed by atoms with Crippen molar-refractivity contribution in [2.75, 3.05) is 19.6 Å². The van der Waals surface area contributed by atoms with Crippen molar-refractivity contribution in [1.29, 1.82) is 0 Å². The van der Waals surface area contributed by atoms with Crippen molar-refractivity contribution in [3.8, 4) is 0 Å². The van der Waals surface area contributed by atoms with E-state index >= 15 is 0 Å². The first-order valence-electron chi connectivity index (χ1n) is 10.5. The summed E-state index contributed by atoms with van der Waals surface area (Å²) in [5.41, 5.74) is 1.30. The van der Waals surface area contributed by atoms with Crippen LogP contribution < -0.4 is 10.6 Å². The summed E-state index contributed by atoms with van der Waals surface area (Å²) in [6.45, 7) is 8.42. The summed E-state index contributed by atoms with van der Waals surface area (Å²) in [4.78, 5) is 18.9. The lowest BCUT2D eigenvalue weighted by molar-refractivity contribution is -0.131. The molecule has 0 saturated heterocycles. The van der Waals surface area contributed by atoms with Gasteiger partial charge in [-0.3, -0.25) is 4.79 Å². The third kappa shape index (κ3) is 6.96. The number of aryl methyl sites for hydroxylation is 1. The van der Waals surface area contributed by atoms with E-state index in [1.165, 1.54) is 11.1 Å². The molecule has 2 heterocycles. The van der Waals surface area contributed by atoms with Crippen molar-refractivity contribution in [1.82, 2.24) is 15.5 Å². The molecule has 3 rings (SSSR count). The van der Waals surface area contributed by atoms with Crippen LogP contribution in [-0.2, 0) is 23.5 Å². The highest BCUT2D eigenvalue weighted by Crippen LogP contribution is 2.24. The Morgan fingerprint density at radius 2 is 1.87 bits per heavy atom. The fourth-order valence-corrected chi connectivity index (χ4v) is 3.49. The van der Waals surface area contributed by atoms with E-state index in [-0.39, 0.29) is 36.4 Å². The van der Waals surface area contributed by atoms with Crippen LogP contribution in [0.1, 0.15) is 49.3 Å². The number of halogens is 1. The van der Waals surface area contributed by atoms with E-state index in [2.05, 4.69) is 27.8 Å². The molecule has 1 aromatic heterocycles. The van der Waals surface area contributed by atoms with Crippen LogP contribution in [-0.4, -0.2) is 41.5 Å². The number of hydrogen-bond acceptors (Lipinski definition) is 4. The molecule has 2 aromatic rings. The number of aliphatic hydroxyl groups is 1. The normalized spacial score (nSPS) is 15.1.